The molecule has 2 heterocycles. The van der Waals surface area contributed by atoms with E-state index in [9.17, 15) is 4.79 Å². The van der Waals surface area contributed by atoms with Gasteiger partial charge >= 0.3 is 0 Å². The summed E-state index contributed by atoms with van der Waals surface area (Å²) in [6, 6.07) is 9.34. The number of nitrogens with one attached hydrogen (secondary N) is 1. The van der Waals surface area contributed by atoms with Crippen LogP contribution in [0, 0.1) is 0 Å². The van der Waals surface area contributed by atoms with Crippen molar-refractivity contribution in [2.45, 2.75) is 17.9 Å². The highest BCUT2D eigenvalue weighted by Gasteiger charge is 2.16. The summed E-state index contributed by atoms with van der Waals surface area (Å²) in [7, 11) is 3.19. The van der Waals surface area contributed by atoms with Crippen LogP contribution in [0.2, 0.25) is 0 Å². The first-order valence-electron chi connectivity index (χ1n) is 8.23. The summed E-state index contributed by atoms with van der Waals surface area (Å²) in [4.78, 5) is 16.9. The molecule has 0 fully saturated rings. The van der Waals surface area contributed by atoms with Crippen LogP contribution >= 0.6 is 23.1 Å². The number of benzene rings is 1. The fraction of sp³-hybridized carbons (Fsp3) is 0.263. The minimum absolute atomic E-state index is 0.0835. The SMILES string of the molecule is COc1ccc(-c2csc(NC(=O)C(C)SCc3ccco3)n2)cc1OC. The van der Waals surface area contributed by atoms with Gasteiger partial charge in [-0.25, -0.2) is 4.98 Å². The van der Waals surface area contributed by atoms with Crippen LogP contribution in [-0.4, -0.2) is 30.4 Å². The Balaban J connectivity index is 1.62. The molecule has 142 valence electrons. The maximum Gasteiger partial charge on any atom is 0.239 e. The Morgan fingerprint density at radius 2 is 2.11 bits per heavy atom. The molecule has 0 aliphatic rings. The molecular weight excluding hydrogens is 384 g/mol. The normalized spacial score (nSPS) is 11.8. The van der Waals surface area contributed by atoms with Gasteiger partial charge in [0.15, 0.2) is 16.6 Å². The zero-order valence-corrected chi connectivity index (χ0v) is 16.9. The molecule has 1 aromatic carbocycles. The molecule has 1 unspecified atom stereocenters. The highest BCUT2D eigenvalue weighted by atomic mass is 32.2. The van der Waals surface area contributed by atoms with E-state index in [0.717, 1.165) is 17.0 Å². The number of carbonyl (C=O) groups excluding carboxylic acids is 1. The largest absolute Gasteiger partial charge is 0.493 e. The Hall–Kier alpha value is -2.45. The number of amides is 1. The summed E-state index contributed by atoms with van der Waals surface area (Å²) >= 11 is 2.90. The molecule has 0 radical (unpaired) electrons. The summed E-state index contributed by atoms with van der Waals surface area (Å²) in [5.74, 6) is 2.71. The number of anilines is 1. The van der Waals surface area contributed by atoms with E-state index in [1.54, 1.807) is 20.5 Å². The maximum absolute atomic E-state index is 12.4. The second kappa shape index (κ2) is 8.96. The van der Waals surface area contributed by atoms with Crippen LogP contribution < -0.4 is 14.8 Å². The predicted molar refractivity (Wildman–Crippen MR) is 109 cm³/mol. The molecule has 0 aliphatic heterocycles. The summed E-state index contributed by atoms with van der Waals surface area (Å²) < 4.78 is 15.9. The third kappa shape index (κ3) is 4.84. The van der Waals surface area contributed by atoms with E-state index < -0.39 is 0 Å². The van der Waals surface area contributed by atoms with Crippen LogP contribution in [0.1, 0.15) is 12.7 Å². The van der Waals surface area contributed by atoms with Gasteiger partial charge in [0.25, 0.3) is 0 Å². The van der Waals surface area contributed by atoms with E-state index in [0.29, 0.717) is 22.4 Å². The van der Waals surface area contributed by atoms with E-state index in [-0.39, 0.29) is 11.2 Å². The fourth-order valence-electron chi connectivity index (χ4n) is 2.34. The van der Waals surface area contributed by atoms with Crippen LogP contribution in [-0.2, 0) is 10.5 Å². The molecule has 0 spiro atoms. The van der Waals surface area contributed by atoms with Gasteiger partial charge in [-0.15, -0.1) is 23.1 Å². The van der Waals surface area contributed by atoms with Crippen LogP contribution in [0.25, 0.3) is 11.3 Å². The zero-order valence-electron chi connectivity index (χ0n) is 15.2. The molecule has 3 aromatic rings. The standard InChI is InChI=1S/C19H20N2O4S2/c1-12(26-10-14-5-4-8-25-14)18(22)21-19-20-15(11-27-19)13-6-7-16(23-2)17(9-13)24-3/h4-9,11-12H,10H2,1-3H3,(H,20,21,22). The van der Waals surface area contributed by atoms with Crippen molar-refractivity contribution in [1.82, 2.24) is 4.98 Å². The van der Waals surface area contributed by atoms with Crippen LogP contribution in [0.15, 0.2) is 46.4 Å². The summed E-state index contributed by atoms with van der Waals surface area (Å²) in [5, 5.41) is 5.12. The average molecular weight is 405 g/mol. The number of ether oxygens (including phenoxy) is 2. The molecule has 0 saturated heterocycles. The van der Waals surface area contributed by atoms with E-state index in [1.165, 1.54) is 23.1 Å². The van der Waals surface area contributed by atoms with Crippen molar-refractivity contribution in [2.75, 3.05) is 19.5 Å². The van der Waals surface area contributed by atoms with E-state index in [1.807, 2.05) is 42.6 Å². The number of aromatic nitrogens is 1. The van der Waals surface area contributed by atoms with Crippen LogP contribution in [0.5, 0.6) is 11.5 Å². The molecule has 2 aromatic heterocycles. The van der Waals surface area contributed by atoms with Crippen molar-refractivity contribution in [3.8, 4) is 22.8 Å². The lowest BCUT2D eigenvalue weighted by molar-refractivity contribution is -0.115. The predicted octanol–water partition coefficient (Wildman–Crippen LogP) is 4.68. The number of hydrogen-bond donors (Lipinski definition) is 1. The summed E-state index contributed by atoms with van der Waals surface area (Å²) in [6.45, 7) is 1.87. The van der Waals surface area contributed by atoms with Gasteiger partial charge < -0.3 is 19.2 Å². The smallest absolute Gasteiger partial charge is 0.239 e. The highest BCUT2D eigenvalue weighted by molar-refractivity contribution is 7.99. The summed E-state index contributed by atoms with van der Waals surface area (Å²) in [6.07, 6.45) is 1.63. The van der Waals surface area contributed by atoms with Gasteiger partial charge in [-0.2, -0.15) is 0 Å². The van der Waals surface area contributed by atoms with Crippen molar-refractivity contribution < 1.29 is 18.7 Å². The minimum atomic E-state index is -0.219. The number of rotatable bonds is 8. The van der Waals surface area contributed by atoms with Crippen LogP contribution in [0.4, 0.5) is 5.13 Å². The van der Waals surface area contributed by atoms with Crippen molar-refractivity contribution in [1.29, 1.82) is 0 Å². The molecule has 1 N–H and O–H groups in total. The van der Waals surface area contributed by atoms with Gasteiger partial charge in [0, 0.05) is 10.9 Å². The molecule has 6 nitrogen and oxygen atoms in total. The highest BCUT2D eigenvalue weighted by Crippen LogP contribution is 2.33. The third-order valence-electron chi connectivity index (χ3n) is 3.84. The first-order valence-corrected chi connectivity index (χ1v) is 10.2. The first-order chi connectivity index (χ1) is 13.1. The van der Waals surface area contributed by atoms with Crippen molar-refractivity contribution in [3.63, 3.8) is 0 Å². The molecule has 0 aliphatic carbocycles. The zero-order chi connectivity index (χ0) is 19.2. The number of hydrogen-bond acceptors (Lipinski definition) is 7. The lowest BCUT2D eigenvalue weighted by Gasteiger charge is -2.09. The lowest BCUT2D eigenvalue weighted by atomic mass is 10.1. The van der Waals surface area contributed by atoms with Gasteiger partial charge in [-0.05, 0) is 37.3 Å². The quantitative estimate of drug-likeness (QED) is 0.588. The fourth-order valence-corrected chi connectivity index (χ4v) is 3.86. The maximum atomic E-state index is 12.4. The Morgan fingerprint density at radius 1 is 1.30 bits per heavy atom. The number of thiazole rings is 1. The van der Waals surface area contributed by atoms with Gasteiger partial charge in [-0.1, -0.05) is 0 Å². The van der Waals surface area contributed by atoms with Gasteiger partial charge in [-0.3, -0.25) is 4.79 Å². The topological polar surface area (TPSA) is 73.6 Å². The second-order valence-electron chi connectivity index (χ2n) is 5.63. The number of thioether (sulfide) groups is 1. The molecule has 1 atom stereocenters. The number of nitrogens with zero attached hydrogens (tertiary/aromatic N) is 1. The number of carbonyl (C=O) groups is 1. The molecule has 27 heavy (non-hydrogen) atoms. The van der Waals surface area contributed by atoms with E-state index in [2.05, 4.69) is 10.3 Å². The van der Waals surface area contributed by atoms with Crippen molar-refractivity contribution in [2.24, 2.45) is 0 Å². The average Bonchev–Trinajstić information content (AvgIpc) is 3.37. The van der Waals surface area contributed by atoms with Crippen LogP contribution in [0.3, 0.4) is 0 Å². The molecule has 0 saturated carbocycles. The Labute approximate surface area is 165 Å². The monoisotopic (exact) mass is 404 g/mol. The Kier molecular flexibility index (Phi) is 6.41. The van der Waals surface area contributed by atoms with Gasteiger partial charge in [0.05, 0.1) is 37.2 Å². The molecular formula is C19H20N2O4S2. The Morgan fingerprint density at radius 3 is 2.81 bits per heavy atom. The Bertz CT molecular complexity index is 893. The number of methoxy groups -OCH3 is 2. The second-order valence-corrected chi connectivity index (χ2v) is 7.82. The minimum Gasteiger partial charge on any atom is -0.493 e. The van der Waals surface area contributed by atoms with Gasteiger partial charge in [0.2, 0.25) is 5.91 Å². The third-order valence-corrected chi connectivity index (χ3v) is 5.76. The lowest BCUT2D eigenvalue weighted by Crippen LogP contribution is -2.22. The van der Waals surface area contributed by atoms with E-state index >= 15 is 0 Å². The molecule has 1 amide bonds. The van der Waals surface area contributed by atoms with Gasteiger partial charge in [0.1, 0.15) is 5.76 Å². The van der Waals surface area contributed by atoms with Crippen molar-refractivity contribution >= 4 is 34.1 Å². The first kappa shape index (κ1) is 19.3. The molecule has 8 heteroatoms. The molecule has 0 bridgehead atoms. The number of furan rings is 1. The summed E-state index contributed by atoms with van der Waals surface area (Å²) in [5.41, 5.74) is 1.66. The van der Waals surface area contributed by atoms with Crippen molar-refractivity contribution in [3.05, 3.63) is 47.7 Å². The van der Waals surface area contributed by atoms with E-state index in [4.69, 9.17) is 13.9 Å². The molecule has 3 rings (SSSR count).